The number of hydrogen-bond donors (Lipinski definition) is 3. The van der Waals surface area contributed by atoms with Crippen molar-refractivity contribution in [2.24, 2.45) is 4.99 Å². The number of amides is 3. The number of benzene rings is 3. The number of hydrogen-bond acceptors (Lipinski definition) is 11. The first kappa shape index (κ1) is 40.0. The summed E-state index contributed by atoms with van der Waals surface area (Å²) in [6.07, 6.45) is 7.18. The minimum atomic E-state index is -0.904. The van der Waals surface area contributed by atoms with E-state index in [2.05, 4.69) is 25.2 Å². The topological polar surface area (TPSA) is 193 Å². The van der Waals surface area contributed by atoms with Gasteiger partial charge in [-0.1, -0.05) is 84.9 Å². The Morgan fingerprint density at radius 3 is 1.74 bits per heavy atom. The highest BCUT2D eigenvalue weighted by Crippen LogP contribution is 2.37. The van der Waals surface area contributed by atoms with Crippen LogP contribution in [0.15, 0.2) is 114 Å². The van der Waals surface area contributed by atoms with Crippen LogP contribution in [0, 0.1) is 0 Å². The molecule has 0 bridgehead atoms. The van der Waals surface area contributed by atoms with Crippen molar-refractivity contribution in [3.8, 4) is 22.3 Å². The van der Waals surface area contributed by atoms with Crippen LogP contribution in [0.5, 0.6) is 0 Å². The third kappa shape index (κ3) is 8.07. The van der Waals surface area contributed by atoms with Crippen LogP contribution in [-0.2, 0) is 24.1 Å². The van der Waals surface area contributed by atoms with Crippen molar-refractivity contribution in [1.29, 1.82) is 0 Å². The second-order valence-corrected chi connectivity index (χ2v) is 15.2. The summed E-state index contributed by atoms with van der Waals surface area (Å²) >= 11 is 0. The number of ether oxygens (including phenoxy) is 1. The predicted octanol–water partition coefficient (Wildman–Crippen LogP) is 7.34. The molecule has 314 valence electrons. The van der Waals surface area contributed by atoms with E-state index in [1.807, 2.05) is 108 Å². The third-order valence-corrected chi connectivity index (χ3v) is 11.5. The Kier molecular flexibility index (Phi) is 11.4. The summed E-state index contributed by atoms with van der Waals surface area (Å²) in [4.78, 5) is 83.7. The standard InChI is InChI=1S/C46H44N10O6/c1-60-46(59)52-39(31-13-7-4-8-14-31)45(58)56-22-10-16-37(56)43-51-35-24-33(26-48-41(35)54-43)29-19-17-28(18-20-29)32-23-34-40(47-25-32)53-42(50-34)36-15-9-21-55(36)44(57)38(49-27-62-61-2)30-11-5-3-6-12-30/h3-8,11-14,17-20,23-27,36-39H,9-10,15-16,21-22H2,1-2H3,(H,52,59)(H,47,50,53)(H,48,51,54)/b49-27-/t36-,37-,38+,39+/m0/s1. The lowest BCUT2D eigenvalue weighted by Gasteiger charge is -2.28. The van der Waals surface area contributed by atoms with Crippen LogP contribution in [0.1, 0.15) is 72.6 Å². The van der Waals surface area contributed by atoms with E-state index in [9.17, 15) is 14.4 Å². The van der Waals surface area contributed by atoms with Gasteiger partial charge in [0.2, 0.25) is 6.40 Å². The molecular weight excluding hydrogens is 789 g/mol. The molecule has 0 aliphatic carbocycles. The number of rotatable bonds is 12. The van der Waals surface area contributed by atoms with Gasteiger partial charge in [-0.25, -0.2) is 29.7 Å². The maximum atomic E-state index is 14.0. The highest BCUT2D eigenvalue weighted by atomic mass is 17.2. The molecule has 0 unspecified atom stereocenters. The number of carbonyl (C=O) groups is 3. The number of fused-ring (bicyclic) bond motifs is 2. The summed E-state index contributed by atoms with van der Waals surface area (Å²) in [7, 11) is 2.65. The van der Waals surface area contributed by atoms with Crippen molar-refractivity contribution in [3.05, 3.63) is 132 Å². The Bertz CT molecular complexity index is 2740. The molecule has 3 amide bonds. The van der Waals surface area contributed by atoms with Crippen LogP contribution < -0.4 is 5.32 Å². The highest BCUT2D eigenvalue weighted by Gasteiger charge is 2.38. The molecule has 9 rings (SSSR count). The van der Waals surface area contributed by atoms with Gasteiger partial charge in [0.05, 0.1) is 26.3 Å². The molecule has 0 saturated carbocycles. The van der Waals surface area contributed by atoms with Gasteiger partial charge in [-0.05, 0) is 60.1 Å². The van der Waals surface area contributed by atoms with Crippen LogP contribution in [0.4, 0.5) is 4.79 Å². The molecule has 16 nitrogen and oxygen atoms in total. The quantitative estimate of drug-likeness (QED) is 0.0486. The van der Waals surface area contributed by atoms with Crippen LogP contribution in [-0.4, -0.2) is 91.3 Å². The molecule has 4 atom stereocenters. The fourth-order valence-corrected chi connectivity index (χ4v) is 8.43. The maximum absolute atomic E-state index is 14.0. The fourth-order valence-electron chi connectivity index (χ4n) is 8.43. The molecule has 2 aliphatic heterocycles. The highest BCUT2D eigenvalue weighted by molar-refractivity contribution is 5.88. The molecule has 0 spiro atoms. The monoisotopic (exact) mass is 832 g/mol. The second-order valence-electron chi connectivity index (χ2n) is 15.2. The smallest absolute Gasteiger partial charge is 0.407 e. The Balaban J connectivity index is 0.909. The number of aromatic nitrogens is 6. The molecule has 4 aromatic heterocycles. The Labute approximate surface area is 356 Å². The van der Waals surface area contributed by atoms with Crippen LogP contribution in [0.2, 0.25) is 0 Å². The van der Waals surface area contributed by atoms with Crippen molar-refractivity contribution >= 4 is 46.6 Å². The van der Waals surface area contributed by atoms with Crippen molar-refractivity contribution < 1.29 is 28.9 Å². The number of nitrogens with one attached hydrogen (secondary N) is 3. The number of pyridine rings is 2. The number of H-pyrrole nitrogens is 2. The van der Waals surface area contributed by atoms with Gasteiger partial charge in [0.25, 0.3) is 11.8 Å². The van der Waals surface area contributed by atoms with E-state index < -0.39 is 18.2 Å². The first-order valence-electron chi connectivity index (χ1n) is 20.5. The molecule has 0 radical (unpaired) electrons. The molecule has 2 fully saturated rings. The SMILES string of the molecule is COO/C=N\[C@@H](C(=O)N1CCC[C@H]1c1nc2cc(-c3ccc(-c4cnc5[nH]c([C@@H]6CCCN6C(=O)[C@H](NC(=O)OC)c6ccccc6)nc5c4)cc3)cnc2[nH]1)c1ccccc1. The number of aromatic amines is 2. The van der Waals surface area contributed by atoms with Gasteiger partial charge >= 0.3 is 6.09 Å². The lowest BCUT2D eigenvalue weighted by molar-refractivity contribution is -0.188. The number of carbonyl (C=O) groups excluding carboxylic acids is 3. The van der Waals surface area contributed by atoms with Gasteiger partial charge in [0.1, 0.15) is 28.7 Å². The number of methoxy groups -OCH3 is 1. The summed E-state index contributed by atoms with van der Waals surface area (Å²) in [6, 6.07) is 28.4. The lowest BCUT2D eigenvalue weighted by atomic mass is 10.0. The van der Waals surface area contributed by atoms with E-state index in [0.717, 1.165) is 59.9 Å². The van der Waals surface area contributed by atoms with Crippen LogP contribution in [0.3, 0.4) is 0 Å². The number of imidazole rings is 2. The maximum Gasteiger partial charge on any atom is 0.407 e. The minimum absolute atomic E-state index is 0.151. The molecule has 62 heavy (non-hydrogen) atoms. The summed E-state index contributed by atoms with van der Waals surface area (Å²) in [5.41, 5.74) is 7.77. The normalized spacial score (nSPS) is 17.5. The second kappa shape index (κ2) is 17.6. The van der Waals surface area contributed by atoms with E-state index in [1.165, 1.54) is 14.2 Å². The zero-order chi connectivity index (χ0) is 42.6. The van der Waals surface area contributed by atoms with Crippen molar-refractivity contribution in [3.63, 3.8) is 0 Å². The van der Waals surface area contributed by atoms with Gasteiger partial charge in [-0.15, -0.1) is 0 Å². The van der Waals surface area contributed by atoms with Crippen molar-refractivity contribution in [2.45, 2.75) is 49.9 Å². The molecule has 2 saturated heterocycles. The number of alkyl carbamates (subject to hydrolysis) is 1. The van der Waals surface area contributed by atoms with Gasteiger partial charge in [-0.2, -0.15) is 4.89 Å². The summed E-state index contributed by atoms with van der Waals surface area (Å²) in [5, 5.41) is 2.71. The molecule has 6 heterocycles. The Morgan fingerprint density at radius 1 is 0.710 bits per heavy atom. The number of nitrogens with zero attached hydrogens (tertiary/aromatic N) is 7. The largest absolute Gasteiger partial charge is 0.453 e. The van der Waals surface area contributed by atoms with E-state index in [4.69, 9.17) is 29.6 Å². The summed E-state index contributed by atoms with van der Waals surface area (Å²) in [5.74, 6) is 0.938. The van der Waals surface area contributed by atoms with E-state index in [0.29, 0.717) is 52.6 Å². The summed E-state index contributed by atoms with van der Waals surface area (Å²) in [6.45, 7) is 1.10. The number of likely N-dealkylation sites (tertiary alicyclic amines) is 2. The van der Waals surface area contributed by atoms with Gasteiger partial charge in [0.15, 0.2) is 17.3 Å². The van der Waals surface area contributed by atoms with E-state index in [-0.39, 0.29) is 23.9 Å². The molecule has 2 aliphatic rings. The van der Waals surface area contributed by atoms with E-state index in [1.54, 1.807) is 11.1 Å². The average Bonchev–Trinajstić information content (AvgIpc) is 4.15. The van der Waals surface area contributed by atoms with Crippen molar-refractivity contribution in [1.82, 2.24) is 45.0 Å². The third-order valence-electron chi connectivity index (χ3n) is 11.5. The van der Waals surface area contributed by atoms with Gasteiger partial charge in [0, 0.05) is 36.6 Å². The zero-order valence-electron chi connectivity index (χ0n) is 34.1. The Hall–Kier alpha value is -7.46. The predicted molar refractivity (Wildman–Crippen MR) is 230 cm³/mol. The fraction of sp³-hybridized carbons (Fsp3) is 0.261. The first-order chi connectivity index (χ1) is 30.4. The zero-order valence-corrected chi connectivity index (χ0v) is 34.1. The number of aliphatic imine (C=N–C) groups is 1. The van der Waals surface area contributed by atoms with Gasteiger partial charge < -0.3 is 34.7 Å². The lowest BCUT2D eigenvalue weighted by Crippen LogP contribution is -2.42. The summed E-state index contributed by atoms with van der Waals surface area (Å²) < 4.78 is 4.84. The van der Waals surface area contributed by atoms with E-state index >= 15 is 0 Å². The average molecular weight is 833 g/mol. The van der Waals surface area contributed by atoms with Crippen molar-refractivity contribution in [2.75, 3.05) is 27.3 Å². The Morgan fingerprint density at radius 2 is 1.23 bits per heavy atom. The molecule has 3 N–H and O–H groups in total. The molecule has 3 aromatic carbocycles. The first-order valence-corrected chi connectivity index (χ1v) is 20.5. The van der Waals surface area contributed by atoms with Crippen LogP contribution >= 0.6 is 0 Å². The molecule has 16 heteroatoms. The molecular formula is C46H44N10O6. The van der Waals surface area contributed by atoms with Gasteiger partial charge in [-0.3, -0.25) is 9.59 Å². The van der Waals surface area contributed by atoms with Crippen LogP contribution in [0.25, 0.3) is 44.6 Å². The minimum Gasteiger partial charge on any atom is -0.453 e. The molecule has 7 aromatic rings.